The number of Topliss-reactive ketones (excluding diaryl/α,β-unsaturated/α-hetero) is 1. The van der Waals surface area contributed by atoms with E-state index < -0.39 is 11.7 Å². The second-order valence-corrected chi connectivity index (χ2v) is 6.93. The van der Waals surface area contributed by atoms with Crippen LogP contribution in [0.1, 0.15) is 27.7 Å². The van der Waals surface area contributed by atoms with E-state index in [1.165, 1.54) is 0 Å². The fraction of sp³-hybridized carbons (Fsp3) is 0.273. The third-order valence-corrected chi connectivity index (χ3v) is 4.90. The third kappa shape index (κ3) is 3.77. The Hall–Kier alpha value is -3.12. The fourth-order valence-electron chi connectivity index (χ4n) is 3.46. The van der Waals surface area contributed by atoms with Crippen LogP contribution in [0, 0.1) is 6.92 Å². The number of nitrogens with zero attached hydrogens (tertiary/aromatic N) is 1. The number of ether oxygens (including phenoxy) is 1. The molecule has 0 fully saturated rings. The van der Waals surface area contributed by atoms with Crippen LogP contribution in [0.25, 0.3) is 10.9 Å². The molecule has 6 nitrogen and oxygen atoms in total. The summed E-state index contributed by atoms with van der Waals surface area (Å²) in [6, 6.07) is 15.0. The molecule has 0 radical (unpaired) electrons. The highest BCUT2D eigenvalue weighted by molar-refractivity contribution is 6.45. The number of para-hydroxylation sites is 2. The van der Waals surface area contributed by atoms with Gasteiger partial charge in [0.25, 0.3) is 11.7 Å². The molecular formula is C22H25N3O3. The molecule has 1 aromatic heterocycles. The molecule has 1 amide bonds. The van der Waals surface area contributed by atoms with Gasteiger partial charge in [-0.2, -0.15) is 0 Å². The van der Waals surface area contributed by atoms with Crippen LogP contribution in [0.2, 0.25) is 0 Å². The number of aromatic nitrogens is 1. The van der Waals surface area contributed by atoms with Crippen molar-refractivity contribution in [3.05, 3.63) is 65.4 Å². The monoisotopic (exact) mass is 379 g/mol. The zero-order valence-corrected chi connectivity index (χ0v) is 16.6. The van der Waals surface area contributed by atoms with Gasteiger partial charge in [0.1, 0.15) is 5.75 Å². The Morgan fingerprint density at radius 2 is 1.79 bits per heavy atom. The Labute approximate surface area is 164 Å². The molecule has 2 N–H and O–H groups in total. The molecule has 2 aromatic carbocycles. The van der Waals surface area contributed by atoms with E-state index in [2.05, 4.69) is 10.3 Å². The SMILES string of the molecule is COc1ccccc1C(CNC(=O)C(=O)c1c(C)[nH]c2ccccc12)N(C)C. The summed E-state index contributed by atoms with van der Waals surface area (Å²) in [4.78, 5) is 30.6. The predicted octanol–water partition coefficient (Wildman–Crippen LogP) is 3.09. The Balaban J connectivity index is 1.79. The van der Waals surface area contributed by atoms with Gasteiger partial charge in [0.05, 0.1) is 18.7 Å². The first-order chi connectivity index (χ1) is 13.4. The lowest BCUT2D eigenvalue weighted by Crippen LogP contribution is -2.38. The normalized spacial score (nSPS) is 12.2. The second-order valence-electron chi connectivity index (χ2n) is 6.93. The van der Waals surface area contributed by atoms with Gasteiger partial charge < -0.3 is 19.9 Å². The molecular weight excluding hydrogens is 354 g/mol. The Kier molecular flexibility index (Phi) is 5.80. The molecule has 28 heavy (non-hydrogen) atoms. The average molecular weight is 379 g/mol. The van der Waals surface area contributed by atoms with Gasteiger partial charge >= 0.3 is 0 Å². The van der Waals surface area contributed by atoms with E-state index in [4.69, 9.17) is 4.74 Å². The average Bonchev–Trinajstić information content (AvgIpc) is 3.03. The summed E-state index contributed by atoms with van der Waals surface area (Å²) >= 11 is 0. The maximum Gasteiger partial charge on any atom is 0.292 e. The third-order valence-electron chi connectivity index (χ3n) is 4.90. The number of H-pyrrole nitrogens is 1. The van der Waals surface area contributed by atoms with Gasteiger partial charge in [0.15, 0.2) is 0 Å². The molecule has 1 heterocycles. The van der Waals surface area contributed by atoms with Crippen molar-refractivity contribution in [3.8, 4) is 5.75 Å². The fourth-order valence-corrected chi connectivity index (χ4v) is 3.46. The Morgan fingerprint density at radius 3 is 2.50 bits per heavy atom. The lowest BCUT2D eigenvalue weighted by molar-refractivity contribution is -0.117. The van der Waals surface area contributed by atoms with Gasteiger partial charge in [-0.05, 0) is 33.2 Å². The molecule has 3 aromatic rings. The van der Waals surface area contributed by atoms with E-state index in [0.717, 1.165) is 22.2 Å². The largest absolute Gasteiger partial charge is 0.496 e. The molecule has 0 aliphatic rings. The van der Waals surface area contributed by atoms with Crippen molar-refractivity contribution in [2.24, 2.45) is 0 Å². The molecule has 0 saturated heterocycles. The smallest absolute Gasteiger partial charge is 0.292 e. The van der Waals surface area contributed by atoms with E-state index in [1.807, 2.05) is 67.5 Å². The van der Waals surface area contributed by atoms with Crippen molar-refractivity contribution in [1.82, 2.24) is 15.2 Å². The number of likely N-dealkylation sites (N-methyl/N-ethyl adjacent to an activating group) is 1. The summed E-state index contributed by atoms with van der Waals surface area (Å²) in [5, 5.41) is 3.55. The second kappa shape index (κ2) is 8.27. The summed E-state index contributed by atoms with van der Waals surface area (Å²) in [7, 11) is 5.47. The number of rotatable bonds is 7. The van der Waals surface area contributed by atoms with Crippen LogP contribution in [0.4, 0.5) is 0 Å². The number of ketones is 1. The van der Waals surface area contributed by atoms with Crippen molar-refractivity contribution in [2.75, 3.05) is 27.7 Å². The summed E-state index contributed by atoms with van der Waals surface area (Å²) in [5.74, 6) is -0.406. The maximum atomic E-state index is 12.8. The number of carbonyl (C=O) groups is 2. The highest BCUT2D eigenvalue weighted by atomic mass is 16.5. The van der Waals surface area contributed by atoms with Crippen molar-refractivity contribution in [3.63, 3.8) is 0 Å². The minimum atomic E-state index is -0.616. The molecule has 3 rings (SSSR count). The molecule has 1 unspecified atom stereocenters. The van der Waals surface area contributed by atoms with Gasteiger partial charge in [0.2, 0.25) is 0 Å². The van der Waals surface area contributed by atoms with Crippen LogP contribution in [0.5, 0.6) is 5.75 Å². The standard InChI is InChI=1S/C22H25N3O3/c1-14-20(15-9-5-7-11-17(15)24-14)21(26)22(27)23-13-18(25(2)3)16-10-6-8-12-19(16)28-4/h5-12,18,24H,13H2,1-4H3,(H,23,27). The molecule has 0 aliphatic carbocycles. The number of methoxy groups -OCH3 is 1. The maximum absolute atomic E-state index is 12.8. The van der Waals surface area contributed by atoms with Gasteiger partial charge in [-0.15, -0.1) is 0 Å². The van der Waals surface area contributed by atoms with Crippen molar-refractivity contribution < 1.29 is 14.3 Å². The minimum Gasteiger partial charge on any atom is -0.496 e. The molecule has 146 valence electrons. The number of fused-ring (bicyclic) bond motifs is 1. The first-order valence-electron chi connectivity index (χ1n) is 9.13. The van der Waals surface area contributed by atoms with Crippen molar-refractivity contribution in [1.29, 1.82) is 0 Å². The predicted molar refractivity (Wildman–Crippen MR) is 110 cm³/mol. The first kappa shape index (κ1) is 19.6. The number of nitrogens with one attached hydrogen (secondary N) is 2. The number of carbonyl (C=O) groups excluding carboxylic acids is 2. The number of amides is 1. The highest BCUT2D eigenvalue weighted by Crippen LogP contribution is 2.27. The zero-order chi connectivity index (χ0) is 20.3. The van der Waals surface area contributed by atoms with Crippen LogP contribution in [-0.2, 0) is 4.79 Å². The molecule has 0 spiro atoms. The molecule has 0 saturated carbocycles. The summed E-state index contributed by atoms with van der Waals surface area (Å²) in [5.41, 5.74) is 2.91. The number of benzene rings is 2. The first-order valence-corrected chi connectivity index (χ1v) is 9.13. The molecule has 1 atom stereocenters. The Morgan fingerprint density at radius 1 is 1.11 bits per heavy atom. The van der Waals surface area contributed by atoms with Crippen molar-refractivity contribution in [2.45, 2.75) is 13.0 Å². The van der Waals surface area contributed by atoms with Crippen LogP contribution in [0.15, 0.2) is 48.5 Å². The summed E-state index contributed by atoms with van der Waals surface area (Å²) in [6.45, 7) is 2.09. The number of aromatic amines is 1. The van der Waals surface area contributed by atoms with Gasteiger partial charge in [-0.3, -0.25) is 9.59 Å². The van der Waals surface area contributed by atoms with E-state index in [0.29, 0.717) is 17.8 Å². The topological polar surface area (TPSA) is 74.4 Å². The summed E-state index contributed by atoms with van der Waals surface area (Å²) < 4.78 is 5.44. The zero-order valence-electron chi connectivity index (χ0n) is 16.6. The van der Waals surface area contributed by atoms with Crippen LogP contribution in [-0.4, -0.2) is 49.3 Å². The molecule has 0 aliphatic heterocycles. The van der Waals surface area contributed by atoms with Crippen molar-refractivity contribution >= 4 is 22.6 Å². The van der Waals surface area contributed by atoms with E-state index in [1.54, 1.807) is 14.0 Å². The minimum absolute atomic E-state index is 0.128. The van der Waals surface area contributed by atoms with E-state index in [9.17, 15) is 9.59 Å². The van der Waals surface area contributed by atoms with Crippen LogP contribution >= 0.6 is 0 Å². The highest BCUT2D eigenvalue weighted by Gasteiger charge is 2.25. The molecule has 6 heteroatoms. The van der Waals surface area contributed by atoms with E-state index in [-0.39, 0.29) is 6.04 Å². The number of aryl methyl sites for hydroxylation is 1. The van der Waals surface area contributed by atoms with E-state index >= 15 is 0 Å². The molecule has 0 bridgehead atoms. The van der Waals surface area contributed by atoms with Gasteiger partial charge in [0, 0.05) is 28.7 Å². The number of hydrogen-bond acceptors (Lipinski definition) is 4. The van der Waals surface area contributed by atoms with Crippen LogP contribution < -0.4 is 10.1 Å². The quantitative estimate of drug-likeness (QED) is 0.489. The number of hydrogen-bond donors (Lipinski definition) is 2. The summed E-state index contributed by atoms with van der Waals surface area (Å²) in [6.07, 6.45) is 0. The van der Waals surface area contributed by atoms with Crippen LogP contribution in [0.3, 0.4) is 0 Å². The Bertz CT molecular complexity index is 1010. The lowest BCUT2D eigenvalue weighted by Gasteiger charge is -2.26. The van der Waals surface area contributed by atoms with Gasteiger partial charge in [-0.1, -0.05) is 36.4 Å². The lowest BCUT2D eigenvalue weighted by atomic mass is 10.0. The van der Waals surface area contributed by atoms with Gasteiger partial charge in [-0.25, -0.2) is 0 Å².